The quantitative estimate of drug-likeness (QED) is 0.538. The number of aromatic nitrogens is 2. The minimum absolute atomic E-state index is 0.142. The van der Waals surface area contributed by atoms with Gasteiger partial charge in [0.2, 0.25) is 17.8 Å². The van der Waals surface area contributed by atoms with Gasteiger partial charge in [-0.15, -0.1) is 10.2 Å². The number of alkyl halides is 3. The number of anilines is 2. The number of hydrogen-bond acceptors (Lipinski definition) is 7. The summed E-state index contributed by atoms with van der Waals surface area (Å²) >= 11 is 1.14. The van der Waals surface area contributed by atoms with E-state index in [-0.39, 0.29) is 24.2 Å². The lowest BCUT2D eigenvalue weighted by molar-refractivity contribution is -0.137. The van der Waals surface area contributed by atoms with Crippen LogP contribution in [0.1, 0.15) is 18.4 Å². The molecule has 2 aliphatic heterocycles. The van der Waals surface area contributed by atoms with Crippen LogP contribution in [0.3, 0.4) is 0 Å². The summed E-state index contributed by atoms with van der Waals surface area (Å²) in [6.45, 7) is 0.375. The molecule has 0 saturated carbocycles. The summed E-state index contributed by atoms with van der Waals surface area (Å²) in [5.41, 5.74) is -0.593. The van der Waals surface area contributed by atoms with Crippen molar-refractivity contribution in [3.8, 4) is 22.1 Å². The fourth-order valence-corrected chi connectivity index (χ4v) is 4.66. The Morgan fingerprint density at radius 3 is 2.69 bits per heavy atom. The Morgan fingerprint density at radius 2 is 1.86 bits per heavy atom. The summed E-state index contributed by atoms with van der Waals surface area (Å²) < 4.78 is 50.4. The number of hydrogen-bond donors (Lipinski definition) is 2. The Labute approximate surface area is 200 Å². The molecule has 1 fully saturated rings. The lowest BCUT2D eigenvalue weighted by atomic mass is 10.1. The number of nitrogens with zero attached hydrogens (tertiary/aromatic N) is 3. The van der Waals surface area contributed by atoms with Crippen LogP contribution in [-0.4, -0.2) is 46.4 Å². The number of likely N-dealkylation sites (tertiary alicyclic amines) is 1. The molecule has 13 heteroatoms. The van der Waals surface area contributed by atoms with E-state index in [9.17, 15) is 22.8 Å². The molecule has 35 heavy (non-hydrogen) atoms. The number of para-hydroxylation sites is 1. The minimum atomic E-state index is -4.63. The Balaban J connectivity index is 1.26. The summed E-state index contributed by atoms with van der Waals surface area (Å²) in [7, 11) is 0. The van der Waals surface area contributed by atoms with Gasteiger partial charge in [0.25, 0.3) is 0 Å². The highest BCUT2D eigenvalue weighted by atomic mass is 32.1. The van der Waals surface area contributed by atoms with Gasteiger partial charge in [0.1, 0.15) is 11.0 Å². The third-order valence-electron chi connectivity index (χ3n) is 5.57. The van der Waals surface area contributed by atoms with Crippen molar-refractivity contribution in [1.82, 2.24) is 15.1 Å². The van der Waals surface area contributed by atoms with Crippen LogP contribution < -0.4 is 20.1 Å². The average Bonchev–Trinajstić information content (AvgIpc) is 3.58. The molecule has 1 saturated heterocycles. The number of fused-ring (bicyclic) bond motifs is 1. The van der Waals surface area contributed by atoms with Crippen molar-refractivity contribution in [2.45, 2.75) is 25.1 Å². The maximum absolute atomic E-state index is 13.3. The third-order valence-corrected chi connectivity index (χ3v) is 6.45. The van der Waals surface area contributed by atoms with Crippen LogP contribution in [0.2, 0.25) is 0 Å². The second-order valence-corrected chi connectivity index (χ2v) is 8.77. The number of halogens is 3. The smallest absolute Gasteiger partial charge is 0.418 e. The lowest BCUT2D eigenvalue weighted by Crippen LogP contribution is -2.45. The third kappa shape index (κ3) is 4.71. The van der Waals surface area contributed by atoms with E-state index in [4.69, 9.17) is 9.47 Å². The van der Waals surface area contributed by atoms with Crippen LogP contribution in [0.5, 0.6) is 11.5 Å². The van der Waals surface area contributed by atoms with E-state index in [0.717, 1.165) is 23.0 Å². The van der Waals surface area contributed by atoms with Gasteiger partial charge in [0, 0.05) is 12.1 Å². The highest BCUT2D eigenvalue weighted by Crippen LogP contribution is 2.38. The Hall–Kier alpha value is -3.87. The van der Waals surface area contributed by atoms with E-state index < -0.39 is 29.7 Å². The highest BCUT2D eigenvalue weighted by molar-refractivity contribution is 7.18. The summed E-state index contributed by atoms with van der Waals surface area (Å²) in [4.78, 5) is 26.9. The van der Waals surface area contributed by atoms with Crippen LogP contribution in [0.25, 0.3) is 10.6 Å². The Morgan fingerprint density at radius 1 is 1.06 bits per heavy atom. The zero-order chi connectivity index (χ0) is 24.6. The van der Waals surface area contributed by atoms with Crippen molar-refractivity contribution < 1.29 is 32.2 Å². The normalized spacial score (nSPS) is 16.9. The monoisotopic (exact) mass is 505 g/mol. The molecule has 0 bridgehead atoms. The van der Waals surface area contributed by atoms with Gasteiger partial charge in [0.05, 0.1) is 11.3 Å². The number of carbonyl (C=O) groups excluding carboxylic acids is 2. The van der Waals surface area contributed by atoms with Gasteiger partial charge in [-0.05, 0) is 43.2 Å². The molecular weight excluding hydrogens is 487 g/mol. The molecule has 0 aliphatic carbocycles. The predicted molar refractivity (Wildman–Crippen MR) is 120 cm³/mol. The van der Waals surface area contributed by atoms with Crippen molar-refractivity contribution >= 4 is 34.1 Å². The Bertz CT molecular complexity index is 1280. The van der Waals surface area contributed by atoms with Crippen LogP contribution in [0, 0.1) is 0 Å². The number of carbonyl (C=O) groups is 2. The molecule has 3 aromatic rings. The Kier molecular flexibility index (Phi) is 5.93. The summed E-state index contributed by atoms with van der Waals surface area (Å²) in [6, 6.07) is 8.36. The molecule has 3 amide bonds. The molecule has 1 unspecified atom stereocenters. The second-order valence-electron chi connectivity index (χ2n) is 7.79. The molecule has 9 nitrogen and oxygen atoms in total. The largest absolute Gasteiger partial charge is 0.454 e. The van der Waals surface area contributed by atoms with Crippen molar-refractivity contribution in [2.75, 3.05) is 24.0 Å². The van der Waals surface area contributed by atoms with E-state index in [0.29, 0.717) is 29.3 Å². The molecule has 0 spiro atoms. The number of urea groups is 1. The second kappa shape index (κ2) is 9.06. The summed E-state index contributed by atoms with van der Waals surface area (Å²) in [5, 5.41) is 13.8. The van der Waals surface area contributed by atoms with E-state index in [2.05, 4.69) is 20.8 Å². The number of amides is 3. The first kappa shape index (κ1) is 22.9. The molecule has 2 N–H and O–H groups in total. The minimum Gasteiger partial charge on any atom is -0.454 e. The molecule has 3 heterocycles. The molecule has 0 radical (unpaired) electrons. The molecule has 1 aromatic heterocycles. The number of nitrogens with one attached hydrogen (secondary N) is 2. The SMILES string of the molecule is O=C(Nc1nnc(-c2ccc3c(c2)OCO3)s1)C1CCCN1C(=O)Nc1ccccc1C(F)(F)F. The molecule has 1 atom stereocenters. The topological polar surface area (TPSA) is 106 Å². The zero-order valence-corrected chi connectivity index (χ0v) is 18.8. The molecular formula is C22H18F3N5O4S. The van der Waals surface area contributed by atoms with E-state index >= 15 is 0 Å². The average molecular weight is 505 g/mol. The molecule has 2 aliphatic rings. The molecule has 5 rings (SSSR count). The van der Waals surface area contributed by atoms with Crippen molar-refractivity contribution in [2.24, 2.45) is 0 Å². The first-order valence-electron chi connectivity index (χ1n) is 10.6. The maximum Gasteiger partial charge on any atom is 0.418 e. The predicted octanol–water partition coefficient (Wildman–Crippen LogP) is 4.59. The molecule has 2 aromatic carbocycles. The summed E-state index contributed by atoms with van der Waals surface area (Å²) in [6.07, 6.45) is -3.72. The van der Waals surface area contributed by atoms with Gasteiger partial charge in [-0.2, -0.15) is 13.2 Å². The van der Waals surface area contributed by atoms with Crippen LogP contribution in [0.4, 0.5) is 28.8 Å². The lowest BCUT2D eigenvalue weighted by Gasteiger charge is -2.24. The number of rotatable bonds is 4. The van der Waals surface area contributed by atoms with Gasteiger partial charge in [0.15, 0.2) is 11.5 Å². The van der Waals surface area contributed by atoms with E-state index in [1.807, 2.05) is 0 Å². The highest BCUT2D eigenvalue weighted by Gasteiger charge is 2.37. The van der Waals surface area contributed by atoms with Crippen molar-refractivity contribution in [3.05, 3.63) is 48.0 Å². The number of benzene rings is 2. The fraction of sp³-hybridized carbons (Fsp3) is 0.273. The van der Waals surface area contributed by atoms with E-state index in [1.165, 1.54) is 23.1 Å². The van der Waals surface area contributed by atoms with Crippen LogP contribution in [0.15, 0.2) is 42.5 Å². The summed E-state index contributed by atoms with van der Waals surface area (Å²) in [5.74, 6) is 0.724. The van der Waals surface area contributed by atoms with Crippen molar-refractivity contribution in [3.63, 3.8) is 0 Å². The van der Waals surface area contributed by atoms with E-state index in [1.54, 1.807) is 18.2 Å². The van der Waals surface area contributed by atoms with Gasteiger partial charge < -0.3 is 19.7 Å². The maximum atomic E-state index is 13.3. The first-order chi connectivity index (χ1) is 16.8. The van der Waals surface area contributed by atoms with Gasteiger partial charge in [-0.1, -0.05) is 23.5 Å². The zero-order valence-electron chi connectivity index (χ0n) is 18.0. The van der Waals surface area contributed by atoms with Crippen LogP contribution in [-0.2, 0) is 11.0 Å². The standard InChI is InChI=1S/C22H18F3N5O4S/c23-22(24,25)13-4-1-2-5-14(13)26-21(32)30-9-3-6-15(30)18(31)27-20-29-28-19(35-20)12-7-8-16-17(10-12)34-11-33-16/h1-2,4-5,7-8,10,15H,3,6,9,11H2,(H,26,32)(H,27,29,31). The number of ether oxygens (including phenoxy) is 2. The van der Waals surface area contributed by atoms with Gasteiger partial charge in [-0.3, -0.25) is 10.1 Å². The van der Waals surface area contributed by atoms with Crippen molar-refractivity contribution in [1.29, 1.82) is 0 Å². The molecule has 182 valence electrons. The first-order valence-corrected chi connectivity index (χ1v) is 11.4. The fourth-order valence-electron chi connectivity index (χ4n) is 3.92. The van der Waals surface area contributed by atoms with Crippen LogP contribution >= 0.6 is 11.3 Å². The van der Waals surface area contributed by atoms with Gasteiger partial charge in [-0.25, -0.2) is 4.79 Å². The van der Waals surface area contributed by atoms with Gasteiger partial charge >= 0.3 is 12.2 Å².